The van der Waals surface area contributed by atoms with E-state index in [-0.39, 0.29) is 23.4 Å². The van der Waals surface area contributed by atoms with Crippen LogP contribution in [0.4, 0.5) is 5.69 Å². The smallest absolute Gasteiger partial charge is 0.264 e. The fraction of sp³-hybridized carbons (Fsp3) is 0.375. The molecular formula is C32H38ClN3O4S. The second-order valence-corrected chi connectivity index (χ2v) is 13.2. The Morgan fingerprint density at radius 1 is 0.951 bits per heavy atom. The number of rotatable bonds is 10. The van der Waals surface area contributed by atoms with E-state index in [1.54, 1.807) is 44.2 Å². The van der Waals surface area contributed by atoms with Crippen molar-refractivity contribution in [2.75, 3.05) is 10.8 Å². The minimum Gasteiger partial charge on any atom is -0.352 e. The van der Waals surface area contributed by atoms with Crippen LogP contribution < -0.4 is 9.62 Å². The van der Waals surface area contributed by atoms with Crippen molar-refractivity contribution in [1.29, 1.82) is 0 Å². The van der Waals surface area contributed by atoms with Crippen LogP contribution in [0.3, 0.4) is 0 Å². The molecule has 0 radical (unpaired) electrons. The molecule has 218 valence electrons. The lowest BCUT2D eigenvalue weighted by Gasteiger charge is -2.33. The highest BCUT2D eigenvalue weighted by molar-refractivity contribution is 7.92. The van der Waals surface area contributed by atoms with Gasteiger partial charge in [-0.2, -0.15) is 0 Å². The number of sulfonamides is 1. The van der Waals surface area contributed by atoms with E-state index in [9.17, 15) is 18.0 Å². The van der Waals surface area contributed by atoms with Crippen LogP contribution in [0, 0.1) is 20.8 Å². The average Bonchev–Trinajstić information content (AvgIpc) is 3.45. The summed E-state index contributed by atoms with van der Waals surface area (Å²) in [5.74, 6) is -0.736. The number of halogens is 1. The molecule has 1 atom stereocenters. The van der Waals surface area contributed by atoms with E-state index in [2.05, 4.69) is 5.32 Å². The number of hydrogen-bond donors (Lipinski definition) is 1. The largest absolute Gasteiger partial charge is 0.352 e. The molecule has 0 aliphatic heterocycles. The van der Waals surface area contributed by atoms with Crippen molar-refractivity contribution in [1.82, 2.24) is 10.2 Å². The lowest BCUT2D eigenvalue weighted by Crippen LogP contribution is -2.52. The van der Waals surface area contributed by atoms with Gasteiger partial charge in [-0.25, -0.2) is 8.42 Å². The summed E-state index contributed by atoms with van der Waals surface area (Å²) in [6.07, 6.45) is 3.97. The van der Waals surface area contributed by atoms with Crippen LogP contribution in [0.15, 0.2) is 71.6 Å². The van der Waals surface area contributed by atoms with Gasteiger partial charge in [0.15, 0.2) is 0 Å². The maximum absolute atomic E-state index is 14.1. The highest BCUT2D eigenvalue weighted by Gasteiger charge is 2.34. The van der Waals surface area contributed by atoms with Crippen LogP contribution in [0.25, 0.3) is 0 Å². The van der Waals surface area contributed by atoms with Crippen LogP contribution in [-0.4, -0.2) is 43.8 Å². The summed E-state index contributed by atoms with van der Waals surface area (Å²) >= 11 is 6.40. The van der Waals surface area contributed by atoms with Gasteiger partial charge in [0.1, 0.15) is 12.6 Å². The van der Waals surface area contributed by atoms with Gasteiger partial charge in [-0.3, -0.25) is 13.9 Å². The number of nitrogens with one attached hydrogen (secondary N) is 1. The van der Waals surface area contributed by atoms with Crippen molar-refractivity contribution in [3.05, 3.63) is 94.0 Å². The Bertz CT molecular complexity index is 1500. The monoisotopic (exact) mass is 595 g/mol. The standard InChI is InChI=1S/C32H38ClN3O4S/c1-22-15-17-28(18-16-22)41(39,40)36(30-14-8-13-29(33)24(30)3)21-31(37)35(20-26-10-7-9-23(2)19-26)25(4)32(38)34-27-11-5-6-12-27/h7-10,13-19,25,27H,5-6,11-12,20-21H2,1-4H3,(H,34,38). The Kier molecular flexibility index (Phi) is 9.76. The van der Waals surface area contributed by atoms with Gasteiger partial charge in [0.25, 0.3) is 10.0 Å². The van der Waals surface area contributed by atoms with Crippen LogP contribution >= 0.6 is 11.6 Å². The minimum absolute atomic E-state index is 0.0625. The third-order valence-electron chi connectivity index (χ3n) is 7.70. The second kappa shape index (κ2) is 13.1. The van der Waals surface area contributed by atoms with E-state index in [1.807, 2.05) is 38.1 Å². The molecule has 9 heteroatoms. The zero-order valence-corrected chi connectivity index (χ0v) is 25.6. The first-order chi connectivity index (χ1) is 19.5. The summed E-state index contributed by atoms with van der Waals surface area (Å²) in [5.41, 5.74) is 3.64. The highest BCUT2D eigenvalue weighted by atomic mass is 35.5. The van der Waals surface area contributed by atoms with Crippen LogP contribution in [0.5, 0.6) is 0 Å². The number of aryl methyl sites for hydroxylation is 2. The third kappa shape index (κ3) is 7.29. The molecule has 7 nitrogen and oxygen atoms in total. The first-order valence-corrected chi connectivity index (χ1v) is 15.8. The lowest BCUT2D eigenvalue weighted by atomic mass is 10.1. The maximum atomic E-state index is 14.1. The SMILES string of the molecule is Cc1ccc(S(=O)(=O)N(CC(=O)N(Cc2cccc(C)c2)C(C)C(=O)NC2CCCC2)c2cccc(Cl)c2C)cc1. The van der Waals surface area contributed by atoms with E-state index < -0.39 is 28.5 Å². The number of anilines is 1. The summed E-state index contributed by atoms with van der Waals surface area (Å²) in [6.45, 7) is 6.92. The molecule has 41 heavy (non-hydrogen) atoms. The Morgan fingerprint density at radius 2 is 1.61 bits per heavy atom. The molecule has 0 aromatic heterocycles. The molecule has 0 heterocycles. The van der Waals surface area contributed by atoms with Crippen LogP contribution in [0.2, 0.25) is 5.02 Å². The van der Waals surface area contributed by atoms with E-state index in [0.29, 0.717) is 16.3 Å². The predicted molar refractivity (Wildman–Crippen MR) is 163 cm³/mol. The second-order valence-electron chi connectivity index (χ2n) is 10.9. The topological polar surface area (TPSA) is 86.8 Å². The molecule has 0 bridgehead atoms. The molecule has 1 saturated carbocycles. The van der Waals surface area contributed by atoms with Gasteiger partial charge in [-0.1, -0.05) is 78.0 Å². The number of carbonyl (C=O) groups is 2. The van der Waals surface area contributed by atoms with Gasteiger partial charge in [0.2, 0.25) is 11.8 Å². The number of nitrogens with zero attached hydrogens (tertiary/aromatic N) is 2. The zero-order chi connectivity index (χ0) is 29.7. The zero-order valence-electron chi connectivity index (χ0n) is 24.1. The van der Waals surface area contributed by atoms with E-state index in [4.69, 9.17) is 11.6 Å². The third-order valence-corrected chi connectivity index (χ3v) is 9.88. The molecule has 3 aromatic rings. The highest BCUT2D eigenvalue weighted by Crippen LogP contribution is 2.31. The Morgan fingerprint density at radius 3 is 2.27 bits per heavy atom. The molecule has 2 amide bonds. The fourth-order valence-electron chi connectivity index (χ4n) is 5.20. The van der Waals surface area contributed by atoms with Gasteiger partial charge >= 0.3 is 0 Å². The Labute approximate surface area is 248 Å². The first-order valence-electron chi connectivity index (χ1n) is 14.0. The van der Waals surface area contributed by atoms with Gasteiger partial charge in [0, 0.05) is 17.6 Å². The van der Waals surface area contributed by atoms with Gasteiger partial charge < -0.3 is 10.2 Å². The maximum Gasteiger partial charge on any atom is 0.264 e. The van der Waals surface area contributed by atoms with Crippen molar-refractivity contribution in [2.24, 2.45) is 0 Å². The van der Waals surface area contributed by atoms with Crippen molar-refractivity contribution in [3.8, 4) is 0 Å². The predicted octanol–water partition coefficient (Wildman–Crippen LogP) is 5.94. The molecule has 1 unspecified atom stereocenters. The number of carbonyl (C=O) groups excluding carboxylic acids is 2. The fourth-order valence-corrected chi connectivity index (χ4v) is 6.84. The summed E-state index contributed by atoms with van der Waals surface area (Å²) in [7, 11) is -4.16. The number of amides is 2. The number of benzene rings is 3. The summed E-state index contributed by atoms with van der Waals surface area (Å²) in [6, 6.07) is 18.5. The van der Waals surface area contributed by atoms with E-state index in [1.165, 1.54) is 17.0 Å². The molecule has 1 aliphatic carbocycles. The quantitative estimate of drug-likeness (QED) is 0.314. The van der Waals surface area contributed by atoms with Crippen molar-refractivity contribution in [2.45, 2.75) is 76.9 Å². The van der Waals surface area contributed by atoms with E-state index >= 15 is 0 Å². The molecule has 0 spiro atoms. The van der Waals surface area contributed by atoms with Crippen molar-refractivity contribution >= 4 is 39.1 Å². The molecule has 0 saturated heterocycles. The average molecular weight is 596 g/mol. The van der Waals surface area contributed by atoms with Crippen molar-refractivity contribution in [3.63, 3.8) is 0 Å². The minimum atomic E-state index is -4.16. The van der Waals surface area contributed by atoms with Crippen LogP contribution in [-0.2, 0) is 26.2 Å². The summed E-state index contributed by atoms with van der Waals surface area (Å²) < 4.78 is 29.2. The Balaban J connectivity index is 1.72. The Hall–Kier alpha value is -3.36. The molecule has 4 rings (SSSR count). The molecule has 3 aromatic carbocycles. The first kappa shape index (κ1) is 30.6. The van der Waals surface area contributed by atoms with Crippen LogP contribution in [0.1, 0.15) is 54.9 Å². The van der Waals surface area contributed by atoms with E-state index in [0.717, 1.165) is 46.7 Å². The number of hydrogen-bond acceptors (Lipinski definition) is 4. The van der Waals surface area contributed by atoms with Gasteiger partial charge in [-0.05, 0) is 75.9 Å². The molecular weight excluding hydrogens is 558 g/mol. The van der Waals surface area contributed by atoms with Gasteiger partial charge in [0.05, 0.1) is 10.6 Å². The molecule has 1 aliphatic rings. The van der Waals surface area contributed by atoms with Crippen molar-refractivity contribution < 1.29 is 18.0 Å². The van der Waals surface area contributed by atoms with Gasteiger partial charge in [-0.15, -0.1) is 0 Å². The summed E-state index contributed by atoms with van der Waals surface area (Å²) in [5, 5.41) is 3.48. The lowest BCUT2D eigenvalue weighted by molar-refractivity contribution is -0.139. The molecule has 1 N–H and O–H groups in total. The summed E-state index contributed by atoms with van der Waals surface area (Å²) in [4.78, 5) is 29.0. The molecule has 1 fully saturated rings. The normalized spacial score (nSPS) is 14.5.